The Bertz CT molecular complexity index is 410. The van der Waals surface area contributed by atoms with Crippen molar-refractivity contribution in [1.82, 2.24) is 0 Å². The first-order valence-corrected chi connectivity index (χ1v) is 5.51. The van der Waals surface area contributed by atoms with Crippen molar-refractivity contribution >= 4 is 34.7 Å². The van der Waals surface area contributed by atoms with E-state index >= 15 is 0 Å². The maximum absolute atomic E-state index is 13.8. The molecule has 0 heterocycles. The summed E-state index contributed by atoms with van der Waals surface area (Å²) in [5.41, 5.74) is 5.47. The third kappa shape index (κ3) is 3.00. The smallest absolute Gasteiger partial charge is 0.192 e. The minimum absolute atomic E-state index is 0.0206. The van der Waals surface area contributed by atoms with Crippen LogP contribution in [0.3, 0.4) is 0 Å². The fourth-order valence-corrected chi connectivity index (χ4v) is 1.33. The van der Waals surface area contributed by atoms with Gasteiger partial charge < -0.3 is 10.5 Å². The molecule has 0 unspecified atom stereocenters. The number of benzene rings is 1. The number of halogens is 3. The molecule has 0 saturated carbocycles. The van der Waals surface area contributed by atoms with Gasteiger partial charge in [0.1, 0.15) is 11.5 Å². The Morgan fingerprint density at radius 3 is 2.81 bits per heavy atom. The zero-order valence-corrected chi connectivity index (χ0v) is 10.1. The van der Waals surface area contributed by atoms with Crippen LogP contribution in [-0.2, 0) is 0 Å². The Morgan fingerprint density at radius 2 is 2.25 bits per heavy atom. The number of ether oxygens (including phenoxy) is 1. The lowest BCUT2D eigenvalue weighted by Crippen LogP contribution is -2.12. The van der Waals surface area contributed by atoms with Crippen molar-refractivity contribution in [2.75, 3.05) is 12.5 Å². The van der Waals surface area contributed by atoms with E-state index in [0.717, 1.165) is 0 Å². The second-order valence-corrected chi connectivity index (χ2v) is 3.55. The Kier molecular flexibility index (Phi) is 4.83. The lowest BCUT2D eigenvalue weighted by atomic mass is 10.3. The van der Waals surface area contributed by atoms with E-state index in [1.54, 1.807) is 6.92 Å². The van der Waals surface area contributed by atoms with Crippen molar-refractivity contribution in [2.45, 2.75) is 6.92 Å². The van der Waals surface area contributed by atoms with Crippen molar-refractivity contribution < 1.29 is 9.13 Å². The van der Waals surface area contributed by atoms with Crippen molar-refractivity contribution in [3.8, 4) is 5.75 Å². The van der Waals surface area contributed by atoms with Crippen LogP contribution < -0.4 is 10.5 Å². The summed E-state index contributed by atoms with van der Waals surface area (Å²) in [5.74, 6) is -0.494. The van der Waals surface area contributed by atoms with Gasteiger partial charge in [0.05, 0.1) is 17.5 Å². The largest absolute Gasteiger partial charge is 0.489 e. The molecule has 1 aromatic carbocycles. The number of aliphatic imine (C=N–C) groups is 1. The SMILES string of the molecule is CCOc1c(Cl)ccc(N=C(N)CCl)c1F. The summed E-state index contributed by atoms with van der Waals surface area (Å²) in [5, 5.41) is 0.197. The van der Waals surface area contributed by atoms with Crippen LogP contribution in [0.1, 0.15) is 6.92 Å². The van der Waals surface area contributed by atoms with Gasteiger partial charge in [-0.05, 0) is 19.1 Å². The van der Waals surface area contributed by atoms with Crippen LogP contribution in [0.25, 0.3) is 0 Å². The van der Waals surface area contributed by atoms with Gasteiger partial charge in [0.15, 0.2) is 11.6 Å². The summed E-state index contributed by atoms with van der Waals surface area (Å²) < 4.78 is 18.9. The molecule has 0 atom stereocenters. The normalized spacial score (nSPS) is 11.6. The van der Waals surface area contributed by atoms with Gasteiger partial charge in [0.25, 0.3) is 0 Å². The molecule has 1 rings (SSSR count). The lowest BCUT2D eigenvalue weighted by molar-refractivity contribution is 0.322. The van der Waals surface area contributed by atoms with Gasteiger partial charge in [-0.2, -0.15) is 0 Å². The standard InChI is InChI=1S/C10H11Cl2FN2O/c1-2-16-10-6(12)3-4-7(9(10)13)15-8(14)5-11/h3-4H,2,5H2,1H3,(H2,14,15). The van der Waals surface area contributed by atoms with Crippen LogP contribution in [0.5, 0.6) is 5.75 Å². The Hall–Kier alpha value is -1.00. The zero-order valence-electron chi connectivity index (χ0n) is 8.64. The number of nitrogens with zero attached hydrogens (tertiary/aromatic N) is 1. The molecular formula is C10H11Cl2FN2O. The molecule has 0 amide bonds. The molecule has 0 saturated heterocycles. The molecule has 0 fully saturated rings. The molecule has 3 nitrogen and oxygen atoms in total. The molecule has 0 aromatic heterocycles. The fourth-order valence-electron chi connectivity index (χ4n) is 1.07. The lowest BCUT2D eigenvalue weighted by Gasteiger charge is -2.08. The maximum atomic E-state index is 13.8. The maximum Gasteiger partial charge on any atom is 0.192 e. The average Bonchev–Trinajstić information content (AvgIpc) is 2.28. The number of hydrogen-bond donors (Lipinski definition) is 1. The van der Waals surface area contributed by atoms with E-state index in [2.05, 4.69) is 4.99 Å². The van der Waals surface area contributed by atoms with E-state index in [0.29, 0.717) is 6.61 Å². The number of alkyl halides is 1. The highest BCUT2D eigenvalue weighted by molar-refractivity contribution is 6.32. The molecule has 6 heteroatoms. The van der Waals surface area contributed by atoms with Crippen molar-refractivity contribution in [3.63, 3.8) is 0 Å². The average molecular weight is 265 g/mol. The van der Waals surface area contributed by atoms with Crippen LogP contribution >= 0.6 is 23.2 Å². The van der Waals surface area contributed by atoms with Crippen molar-refractivity contribution in [2.24, 2.45) is 10.7 Å². The van der Waals surface area contributed by atoms with Crippen molar-refractivity contribution in [3.05, 3.63) is 23.0 Å². The summed E-state index contributed by atoms with van der Waals surface area (Å²) in [4.78, 5) is 3.81. The topological polar surface area (TPSA) is 47.6 Å². The number of nitrogens with two attached hydrogens (primary N) is 1. The van der Waals surface area contributed by atoms with Gasteiger partial charge in [-0.1, -0.05) is 11.6 Å². The minimum Gasteiger partial charge on any atom is -0.489 e. The quantitative estimate of drug-likeness (QED) is 0.516. The fraction of sp³-hybridized carbons (Fsp3) is 0.300. The zero-order chi connectivity index (χ0) is 12.1. The summed E-state index contributed by atoms with van der Waals surface area (Å²) in [7, 11) is 0. The first kappa shape index (κ1) is 13.1. The molecule has 1 aromatic rings. The minimum atomic E-state index is -0.637. The van der Waals surface area contributed by atoms with Gasteiger partial charge in [0.2, 0.25) is 0 Å². The predicted molar refractivity (Wildman–Crippen MR) is 64.6 cm³/mol. The third-order valence-corrected chi connectivity index (χ3v) is 2.29. The van der Waals surface area contributed by atoms with Crippen LogP contribution in [0.15, 0.2) is 17.1 Å². The van der Waals surface area contributed by atoms with Crippen molar-refractivity contribution in [1.29, 1.82) is 0 Å². The number of amidine groups is 1. The molecule has 0 radical (unpaired) electrons. The molecule has 0 spiro atoms. The van der Waals surface area contributed by atoms with E-state index in [1.165, 1.54) is 12.1 Å². The molecule has 0 aliphatic heterocycles. The van der Waals surface area contributed by atoms with Crippen LogP contribution in [0.2, 0.25) is 5.02 Å². The number of hydrogen-bond acceptors (Lipinski definition) is 2. The Labute approximate surface area is 103 Å². The van der Waals surface area contributed by atoms with Crippen LogP contribution in [0.4, 0.5) is 10.1 Å². The molecular weight excluding hydrogens is 254 g/mol. The molecule has 2 N–H and O–H groups in total. The molecule has 0 aliphatic carbocycles. The van der Waals surface area contributed by atoms with E-state index in [9.17, 15) is 4.39 Å². The van der Waals surface area contributed by atoms with Gasteiger partial charge in [-0.15, -0.1) is 11.6 Å². The summed E-state index contributed by atoms with van der Waals surface area (Å²) >= 11 is 11.2. The van der Waals surface area contributed by atoms with E-state index in [-0.39, 0.29) is 28.2 Å². The van der Waals surface area contributed by atoms with Crippen LogP contribution in [0, 0.1) is 5.82 Å². The first-order valence-electron chi connectivity index (χ1n) is 4.60. The summed E-state index contributed by atoms with van der Waals surface area (Å²) in [6, 6.07) is 2.91. The van der Waals surface area contributed by atoms with E-state index in [4.69, 9.17) is 33.7 Å². The van der Waals surface area contributed by atoms with Crippen LogP contribution in [-0.4, -0.2) is 18.3 Å². The Balaban J connectivity index is 3.18. The van der Waals surface area contributed by atoms with E-state index < -0.39 is 5.82 Å². The highest BCUT2D eigenvalue weighted by atomic mass is 35.5. The summed E-state index contributed by atoms with van der Waals surface area (Å²) in [6.45, 7) is 2.05. The highest BCUT2D eigenvalue weighted by Crippen LogP contribution is 2.34. The predicted octanol–water partition coefficient (Wildman–Crippen LogP) is 3.11. The molecule has 0 bridgehead atoms. The van der Waals surface area contributed by atoms with Gasteiger partial charge in [-0.3, -0.25) is 0 Å². The second kappa shape index (κ2) is 5.92. The van der Waals surface area contributed by atoms with Gasteiger partial charge >= 0.3 is 0 Å². The van der Waals surface area contributed by atoms with Gasteiger partial charge in [-0.25, -0.2) is 9.38 Å². The first-order chi connectivity index (χ1) is 7.60. The van der Waals surface area contributed by atoms with Gasteiger partial charge in [0, 0.05) is 0 Å². The molecule has 16 heavy (non-hydrogen) atoms. The highest BCUT2D eigenvalue weighted by Gasteiger charge is 2.13. The Morgan fingerprint density at radius 1 is 1.56 bits per heavy atom. The second-order valence-electron chi connectivity index (χ2n) is 2.88. The summed E-state index contributed by atoms with van der Waals surface area (Å²) in [6.07, 6.45) is 0. The molecule has 88 valence electrons. The van der Waals surface area contributed by atoms with E-state index in [1.807, 2.05) is 0 Å². The number of rotatable bonds is 4. The third-order valence-electron chi connectivity index (χ3n) is 1.72. The molecule has 0 aliphatic rings. The monoisotopic (exact) mass is 264 g/mol.